The van der Waals surface area contributed by atoms with Gasteiger partial charge in [0, 0.05) is 0 Å². The van der Waals surface area contributed by atoms with Gasteiger partial charge in [-0.15, -0.1) is 0 Å². The smallest absolute Gasteiger partial charge is 0.0645 e. The van der Waals surface area contributed by atoms with Crippen molar-refractivity contribution in [1.82, 2.24) is 0 Å². The Labute approximate surface area is 218 Å². The van der Waals surface area contributed by atoms with Crippen LogP contribution in [0.3, 0.4) is 0 Å². The van der Waals surface area contributed by atoms with Crippen LogP contribution in [0.2, 0.25) is 0 Å². The highest BCUT2D eigenvalue weighted by Crippen LogP contribution is 2.57. The molecule has 0 heteroatoms. The van der Waals surface area contributed by atoms with E-state index in [2.05, 4.69) is 139 Å². The molecule has 5 rings (SSSR count). The summed E-state index contributed by atoms with van der Waals surface area (Å²) in [5, 5.41) is 0. The fourth-order valence-corrected chi connectivity index (χ4v) is 6.10. The van der Waals surface area contributed by atoms with Crippen LogP contribution in [0.25, 0.3) is 11.1 Å². The maximum atomic E-state index is 2.55. The Morgan fingerprint density at radius 2 is 1.08 bits per heavy atom. The minimum Gasteiger partial charge on any atom is -0.0645 e. The molecule has 4 aromatic rings. The number of benzene rings is 4. The minimum absolute atomic E-state index is 0.0770. The van der Waals surface area contributed by atoms with Crippen LogP contribution >= 0.6 is 0 Å². The topological polar surface area (TPSA) is 0 Å². The average molecular weight is 473 g/mol. The molecule has 184 valence electrons. The maximum Gasteiger partial charge on any atom is 0.0713 e. The Balaban J connectivity index is 1.94. The van der Waals surface area contributed by atoms with Gasteiger partial charge in [-0.05, 0) is 75.1 Å². The number of hydrogen-bond acceptors (Lipinski definition) is 0. The van der Waals surface area contributed by atoms with Gasteiger partial charge in [-0.3, -0.25) is 0 Å². The highest BCUT2D eigenvalue weighted by atomic mass is 14.5. The quantitative estimate of drug-likeness (QED) is 0.239. The average Bonchev–Trinajstić information content (AvgIpc) is 3.18. The zero-order chi connectivity index (χ0) is 25.7. The van der Waals surface area contributed by atoms with Gasteiger partial charge in [-0.1, -0.05) is 138 Å². The molecule has 0 radical (unpaired) electrons. The summed E-state index contributed by atoms with van der Waals surface area (Å²) in [5.74, 6) is 0. The second-order valence-corrected chi connectivity index (χ2v) is 12.0. The fourth-order valence-electron chi connectivity index (χ4n) is 6.10. The van der Waals surface area contributed by atoms with Gasteiger partial charge in [0.05, 0.1) is 5.41 Å². The molecule has 1 aliphatic carbocycles. The lowest BCUT2D eigenvalue weighted by Gasteiger charge is -2.36. The molecule has 0 saturated heterocycles. The van der Waals surface area contributed by atoms with Crippen molar-refractivity contribution >= 4 is 0 Å². The number of fused-ring (bicyclic) bond motifs is 3. The normalized spacial score (nSPS) is 17.1. The Morgan fingerprint density at radius 3 is 1.61 bits per heavy atom. The molecule has 0 saturated carbocycles. The van der Waals surface area contributed by atoms with E-state index < -0.39 is 0 Å². The van der Waals surface area contributed by atoms with Crippen molar-refractivity contribution in [2.45, 2.75) is 77.6 Å². The van der Waals surface area contributed by atoms with Crippen molar-refractivity contribution in [1.29, 1.82) is 0 Å². The molecular weight excluding hydrogens is 432 g/mol. The standard InChI is InChI=1S/C36H40/c1-8-35(7,9-2)29-20-22-31-30-21-19-28(34(4,5)6)23-32(30)36(33(31)24-29,26-13-11-10-12-14-26)27-17-15-25(3)16-18-27/h10-24H,8-9H2,1-7H3. The van der Waals surface area contributed by atoms with Gasteiger partial charge in [0.2, 0.25) is 0 Å². The molecule has 0 N–H and O–H groups in total. The van der Waals surface area contributed by atoms with Crippen molar-refractivity contribution < 1.29 is 0 Å². The van der Waals surface area contributed by atoms with E-state index in [-0.39, 0.29) is 16.2 Å². The SMILES string of the molecule is CCC(C)(CC)c1ccc2c(c1)C(c1ccccc1)(c1ccc(C)cc1)c1cc(C(C)(C)C)ccc1-2. The van der Waals surface area contributed by atoms with Crippen molar-refractivity contribution in [3.8, 4) is 11.1 Å². The third kappa shape index (κ3) is 3.65. The fraction of sp³-hybridized carbons (Fsp3) is 0.333. The van der Waals surface area contributed by atoms with Gasteiger partial charge in [0.25, 0.3) is 0 Å². The Bertz CT molecular complexity index is 1380. The maximum absolute atomic E-state index is 2.55. The highest BCUT2D eigenvalue weighted by molar-refractivity contribution is 5.87. The van der Waals surface area contributed by atoms with Crippen LogP contribution in [0.4, 0.5) is 0 Å². The second-order valence-electron chi connectivity index (χ2n) is 12.0. The first-order valence-electron chi connectivity index (χ1n) is 13.6. The van der Waals surface area contributed by atoms with Gasteiger partial charge < -0.3 is 0 Å². The van der Waals surface area contributed by atoms with Crippen LogP contribution in [0.15, 0.2) is 91.0 Å². The molecule has 1 unspecified atom stereocenters. The summed E-state index contributed by atoms with van der Waals surface area (Å²) in [6, 6.07) is 35.0. The third-order valence-electron chi connectivity index (χ3n) is 8.95. The lowest BCUT2D eigenvalue weighted by Crippen LogP contribution is -2.30. The van der Waals surface area contributed by atoms with E-state index in [1.54, 1.807) is 0 Å². The zero-order valence-electron chi connectivity index (χ0n) is 23.1. The molecule has 4 aromatic carbocycles. The van der Waals surface area contributed by atoms with E-state index in [0.29, 0.717) is 0 Å². The number of hydrogen-bond donors (Lipinski definition) is 0. The summed E-state index contributed by atoms with van der Waals surface area (Å²) in [6.45, 7) is 16.2. The summed E-state index contributed by atoms with van der Waals surface area (Å²) in [6.07, 6.45) is 2.26. The van der Waals surface area contributed by atoms with Gasteiger partial charge in [-0.25, -0.2) is 0 Å². The zero-order valence-corrected chi connectivity index (χ0v) is 23.1. The highest BCUT2D eigenvalue weighted by Gasteiger charge is 2.47. The second kappa shape index (κ2) is 8.77. The monoisotopic (exact) mass is 472 g/mol. The molecule has 1 atom stereocenters. The van der Waals surface area contributed by atoms with Gasteiger partial charge in [-0.2, -0.15) is 0 Å². The molecule has 0 aromatic heterocycles. The van der Waals surface area contributed by atoms with Gasteiger partial charge in [0.15, 0.2) is 0 Å². The third-order valence-corrected chi connectivity index (χ3v) is 8.95. The van der Waals surface area contributed by atoms with Gasteiger partial charge in [0.1, 0.15) is 0 Å². The van der Waals surface area contributed by atoms with Crippen LogP contribution in [0.5, 0.6) is 0 Å². The van der Waals surface area contributed by atoms with Gasteiger partial charge >= 0.3 is 0 Å². The van der Waals surface area contributed by atoms with E-state index in [4.69, 9.17) is 0 Å². The van der Waals surface area contributed by atoms with Crippen LogP contribution in [0, 0.1) is 6.92 Å². The first-order chi connectivity index (χ1) is 17.1. The van der Waals surface area contributed by atoms with Crippen LogP contribution < -0.4 is 0 Å². The molecular formula is C36H40. The molecule has 0 aliphatic heterocycles. The van der Waals surface area contributed by atoms with Crippen LogP contribution in [-0.2, 0) is 16.2 Å². The first kappa shape index (κ1) is 24.6. The van der Waals surface area contributed by atoms with Crippen molar-refractivity contribution in [2.75, 3.05) is 0 Å². The first-order valence-corrected chi connectivity index (χ1v) is 13.6. The van der Waals surface area contributed by atoms with Crippen LogP contribution in [0.1, 0.15) is 93.3 Å². The van der Waals surface area contributed by atoms with Crippen molar-refractivity contribution in [2.24, 2.45) is 0 Å². The molecule has 0 spiro atoms. The molecule has 0 nitrogen and oxygen atoms in total. The molecule has 36 heavy (non-hydrogen) atoms. The van der Waals surface area contributed by atoms with E-state index in [1.807, 2.05) is 0 Å². The lowest BCUT2D eigenvalue weighted by molar-refractivity contribution is 0.438. The largest absolute Gasteiger partial charge is 0.0713 e. The van der Waals surface area contributed by atoms with Crippen LogP contribution in [-0.4, -0.2) is 0 Å². The van der Waals surface area contributed by atoms with E-state index in [9.17, 15) is 0 Å². The molecule has 0 heterocycles. The number of aryl methyl sites for hydroxylation is 1. The Hall–Kier alpha value is -3.12. The predicted molar refractivity (Wildman–Crippen MR) is 155 cm³/mol. The van der Waals surface area contributed by atoms with Crippen molar-refractivity contribution in [3.05, 3.63) is 130 Å². The van der Waals surface area contributed by atoms with E-state index >= 15 is 0 Å². The summed E-state index contributed by atoms with van der Waals surface area (Å²) < 4.78 is 0. The molecule has 0 amide bonds. The Morgan fingerprint density at radius 1 is 0.583 bits per heavy atom. The summed E-state index contributed by atoms with van der Waals surface area (Å²) in [7, 11) is 0. The molecule has 0 bridgehead atoms. The van der Waals surface area contributed by atoms with Crippen molar-refractivity contribution in [3.63, 3.8) is 0 Å². The number of rotatable bonds is 5. The Kier molecular flexibility index (Phi) is 5.98. The van der Waals surface area contributed by atoms with E-state index in [0.717, 1.165) is 12.8 Å². The molecule has 0 fully saturated rings. The summed E-state index contributed by atoms with van der Waals surface area (Å²) in [4.78, 5) is 0. The summed E-state index contributed by atoms with van der Waals surface area (Å²) in [5.41, 5.74) is 12.3. The lowest BCUT2D eigenvalue weighted by atomic mass is 9.66. The predicted octanol–water partition coefficient (Wildman–Crippen LogP) is 9.73. The van der Waals surface area contributed by atoms with E-state index in [1.165, 1.54) is 50.1 Å². The molecule has 1 aliphatic rings. The summed E-state index contributed by atoms with van der Waals surface area (Å²) >= 11 is 0. The minimum atomic E-state index is -0.348.